The Morgan fingerprint density at radius 1 is 0.436 bits per heavy atom. The van der Waals surface area contributed by atoms with Gasteiger partial charge in [-0.25, -0.2) is 40.4 Å². The zero-order chi connectivity index (χ0) is 83.6. The van der Waals surface area contributed by atoms with Gasteiger partial charge in [0, 0.05) is 207 Å². The first-order valence-corrected chi connectivity index (χ1v) is 31.7. The first kappa shape index (κ1) is 105. The molecule has 0 bridgehead atoms. The molecule has 0 fully saturated rings. The third kappa shape index (κ3) is 59.5. The second-order valence-corrected chi connectivity index (χ2v) is 18.6. The highest BCUT2D eigenvalue weighted by Gasteiger charge is 2.08. The van der Waals surface area contributed by atoms with Crippen molar-refractivity contribution in [1.29, 1.82) is 26.3 Å². The number of nitriles is 5. The minimum atomic E-state index is -1.07. The lowest BCUT2D eigenvalue weighted by molar-refractivity contribution is -0.694. The number of hydrogen-bond acceptors (Lipinski definition) is 17. The number of nitrogens with one attached hydrogen (secondary N) is 1. The number of carbonyl (C=O) groups excluding carboxylic acids is 4. The lowest BCUT2D eigenvalue weighted by Crippen LogP contribution is -3.00. The molecule has 0 spiro atoms. The number of nitrogens with two attached hydrogens (primary N) is 1. The van der Waals surface area contributed by atoms with Crippen LogP contribution in [0.25, 0.3) is 27.1 Å². The summed E-state index contributed by atoms with van der Waals surface area (Å²) in [5, 5.41) is 48.9. The van der Waals surface area contributed by atoms with Crippen molar-refractivity contribution >= 4 is 29.7 Å². The van der Waals surface area contributed by atoms with Gasteiger partial charge < -0.3 is 55.0 Å². The van der Waals surface area contributed by atoms with Crippen LogP contribution in [0.4, 0.5) is 4.79 Å². The summed E-state index contributed by atoms with van der Waals surface area (Å²) < 4.78 is 9.38. The first-order chi connectivity index (χ1) is 55.8. The average Bonchev–Trinajstić information content (AvgIpc) is 1.86. The summed E-state index contributed by atoms with van der Waals surface area (Å²) in [5.41, 5.74) is 10.1. The number of carboxylic acids is 1. The van der Waals surface area contributed by atoms with Gasteiger partial charge in [-0.05, 0) is 148 Å². The number of nitrogens with zero attached hydrogens (tertiary/aromatic N) is 18. The number of rotatable bonds is 11. The van der Waals surface area contributed by atoms with E-state index >= 15 is 0 Å². The highest BCUT2D eigenvalue weighted by molar-refractivity contribution is 5.81. The van der Waals surface area contributed by atoms with Crippen molar-refractivity contribution in [2.24, 2.45) is 5.73 Å². The number of aliphatic carboxylic acids is 1. The fourth-order valence-corrected chi connectivity index (χ4v) is 6.37. The van der Waals surface area contributed by atoms with Gasteiger partial charge in [-0.2, -0.15) is 26.3 Å². The predicted octanol–water partition coefficient (Wildman–Crippen LogP) is -0.0812. The van der Waals surface area contributed by atoms with Crippen LogP contribution in [-0.4, -0.2) is 103 Å². The maximum atomic E-state index is 11.4. The van der Waals surface area contributed by atoms with Crippen molar-refractivity contribution < 1.29 is 72.2 Å². The maximum absolute atomic E-state index is 11.4. The molecule has 26 nitrogen and oxygen atoms in total. The molecule has 1 amide bonds. The van der Waals surface area contributed by atoms with Gasteiger partial charge in [0.1, 0.15) is 44.6 Å². The number of amides is 1. The summed E-state index contributed by atoms with van der Waals surface area (Å²) in [7, 11) is 0. The Morgan fingerprint density at radius 3 is 0.949 bits per heavy atom. The van der Waals surface area contributed by atoms with Crippen LogP contribution in [0.2, 0.25) is 0 Å². The monoisotopic (exact) mass is 1660 g/mol. The smallest absolute Gasteiger partial charge is 0.338 e. The molecule has 0 aromatic carbocycles. The van der Waals surface area contributed by atoms with E-state index in [4.69, 9.17) is 50.1 Å². The van der Waals surface area contributed by atoms with Crippen LogP contribution >= 0.6 is 0 Å². The minimum Gasteiger partial charge on any atom is -1.00 e. The fourth-order valence-electron chi connectivity index (χ4n) is 6.37. The highest BCUT2D eigenvalue weighted by Crippen LogP contribution is 2.16. The molecule has 117 heavy (non-hydrogen) atoms. The molecule has 0 atom stereocenters. The van der Waals surface area contributed by atoms with Crippen molar-refractivity contribution in [2.75, 3.05) is 19.6 Å². The standard InChI is InChI=1S/C35H4.C15H14N4O.C12H14N3.C7H6N4O.2C6H5N3O.C3H3NO2.2C2H3N.CH4.2BrH/c1-3-5-7-9-11-13-15-17-19-21-23-25-27-29-31-33-35-34-32-30-28-26-24-22-20-18-16-14-12-10-8-6-4-2;1-16-12-15(20)18-8-11-19-9-4-14(5-10-19)13-2-6-17-7-3-13;13-5-10-15-8-3-12(4-9-15)11-1-6-14-7-2-11;12-7(10-3-1-8-5-10)11-4-2-9-6-11;2*7-2-1-6(10)9-4-3-8-5-9;4-2-1-3(5)6;2*1-2-3;;;/h1H,2H3;2-7,9-10H,8,11-12H2;1-4,6-9H,5,10,13H2;1-6H;2*3-5H,1H2;1H2,(H,5,6);2*1H3;1H4;2*1H/q;;+1;;;;;;;;;/p-1. The summed E-state index contributed by atoms with van der Waals surface area (Å²) >= 11 is 0. The van der Waals surface area contributed by atoms with E-state index in [2.05, 4.69) is 252 Å². The number of carboxylic acid groups (broad SMARTS) is 1. The third-order valence-corrected chi connectivity index (χ3v) is 10.9. The Balaban J connectivity index is -0.000000666. The summed E-state index contributed by atoms with van der Waals surface area (Å²) in [5.74, 6) is 80.1. The fraction of sp³-hybridized carbons (Fsp3) is 0.135. The van der Waals surface area contributed by atoms with E-state index in [0.717, 1.165) is 17.7 Å². The summed E-state index contributed by atoms with van der Waals surface area (Å²) in [6.07, 6.45) is 37.4. The van der Waals surface area contributed by atoms with Crippen molar-refractivity contribution in [3.63, 3.8) is 0 Å². The predicted molar refractivity (Wildman–Crippen MR) is 426 cm³/mol. The second kappa shape index (κ2) is 77.4. The molecule has 8 aromatic rings. The molecule has 0 unspecified atom stereocenters. The largest absolute Gasteiger partial charge is 1.00 e. The lowest BCUT2D eigenvalue weighted by atomic mass is 10.1. The second-order valence-electron chi connectivity index (χ2n) is 18.6. The quantitative estimate of drug-likeness (QED) is 0.0866. The van der Waals surface area contributed by atoms with Crippen molar-refractivity contribution in [3.05, 3.63) is 184 Å². The molecular weight excluding hydrogens is 1600 g/mol. The molecule has 0 radical (unpaired) electrons. The zero-order valence-corrected chi connectivity index (χ0v) is 64.9. The zero-order valence-electron chi connectivity index (χ0n) is 61.8. The summed E-state index contributed by atoms with van der Waals surface area (Å²) in [6, 6.07) is 24.4. The molecule has 0 aliphatic heterocycles. The number of pyridine rings is 4. The molecule has 0 aliphatic carbocycles. The first-order valence-electron chi connectivity index (χ1n) is 31.7. The van der Waals surface area contributed by atoms with E-state index in [-0.39, 0.29) is 84.5 Å². The lowest BCUT2D eigenvalue weighted by Gasteiger charge is -2.01. The van der Waals surface area contributed by atoms with Crippen LogP contribution in [0.15, 0.2) is 173 Å². The van der Waals surface area contributed by atoms with E-state index in [1.807, 2.05) is 65.8 Å². The van der Waals surface area contributed by atoms with Gasteiger partial charge in [-0.3, -0.25) is 47.4 Å². The Labute approximate surface area is 702 Å². The SMILES string of the molecule is C.C#CC#CC#CC#CC#CC#CC#CC#CC#CC#CC#CC#CC#CC#CC#CC#CC#CC.CC#N.CC#N.N#CCC(=O)O.N#CCC(=O)n1ccnc1.N#CCC(=O)n1ccnc1.NCC[n+]1ccc(-c2ccncc2)cc1.O=C(n1ccnc1)n1ccnc1.[Br-].[Br-].[C-]#[N+]CC(=O)NCC[n+]1ccc(-c2ccncc2)cc1. The maximum Gasteiger partial charge on any atom is 0.338 e. The molecule has 8 rings (SSSR count). The number of hydrogen-bond donors (Lipinski definition) is 3. The molecule has 4 N–H and O–H groups in total. The topological polar surface area (TPSA) is 372 Å². The Bertz CT molecular complexity index is 5800. The summed E-state index contributed by atoms with van der Waals surface area (Å²) in [6.45, 7) is 13.8. The van der Waals surface area contributed by atoms with Crippen LogP contribution in [0.3, 0.4) is 0 Å². The van der Waals surface area contributed by atoms with Gasteiger partial charge in [0.25, 0.3) is 12.5 Å². The Hall–Kier alpha value is -18.2. The number of terminal acetylenes is 1. The van der Waals surface area contributed by atoms with E-state index in [9.17, 15) is 24.0 Å². The number of aromatic nitrogens is 12. The average molecular weight is 1670 g/mol. The summed E-state index contributed by atoms with van der Waals surface area (Å²) in [4.78, 5) is 79.4. The van der Waals surface area contributed by atoms with Gasteiger partial charge in [0.15, 0.2) is 37.9 Å². The Kier molecular flexibility index (Phi) is 69.5. The normalized spacial score (nSPS) is 7.12. The number of halogens is 2. The molecule has 0 saturated heterocycles. The number of carbonyl (C=O) groups is 5. The van der Waals surface area contributed by atoms with Crippen LogP contribution in [0, 0.1) is 265 Å². The van der Waals surface area contributed by atoms with E-state index in [1.165, 1.54) is 99.4 Å². The minimum absolute atomic E-state index is 0. The molecule has 28 heteroatoms. The van der Waals surface area contributed by atoms with Gasteiger partial charge >= 0.3 is 12.0 Å². The molecule has 0 saturated carbocycles. The van der Waals surface area contributed by atoms with E-state index < -0.39 is 12.4 Å². The van der Waals surface area contributed by atoms with Gasteiger partial charge in [0.2, 0.25) is 11.8 Å². The van der Waals surface area contributed by atoms with Crippen LogP contribution in [0.1, 0.15) is 57.0 Å². The number of imidazole rings is 4. The molecule has 0 aliphatic rings. The Morgan fingerprint density at radius 2 is 0.709 bits per heavy atom. The van der Waals surface area contributed by atoms with Gasteiger partial charge in [0.05, 0.1) is 43.4 Å². The van der Waals surface area contributed by atoms with Crippen LogP contribution in [0.5, 0.6) is 0 Å². The van der Waals surface area contributed by atoms with E-state index in [0.29, 0.717) is 19.6 Å². The van der Waals surface area contributed by atoms with Crippen LogP contribution in [-0.2, 0) is 22.7 Å². The molecule has 568 valence electrons. The van der Waals surface area contributed by atoms with Gasteiger partial charge in [-0.1, -0.05) is 13.3 Å². The third-order valence-electron chi connectivity index (χ3n) is 10.9. The molecule has 8 heterocycles. The van der Waals surface area contributed by atoms with Crippen LogP contribution < -0.4 is 54.1 Å². The highest BCUT2D eigenvalue weighted by atomic mass is 79.9. The van der Waals surface area contributed by atoms with Crippen molar-refractivity contribution in [2.45, 2.75) is 60.5 Å². The molecule has 8 aromatic heterocycles. The van der Waals surface area contributed by atoms with Gasteiger partial charge in [-0.15, -0.1) is 6.42 Å². The van der Waals surface area contributed by atoms with Crippen molar-refractivity contribution in [1.82, 2.24) is 53.5 Å². The van der Waals surface area contributed by atoms with E-state index in [1.54, 1.807) is 80.8 Å². The van der Waals surface area contributed by atoms with Crippen molar-refractivity contribution in [3.8, 4) is 254 Å². The molecular formula is C89H62Br2N20O6.